The summed E-state index contributed by atoms with van der Waals surface area (Å²) in [5.74, 6) is 0. The minimum absolute atomic E-state index is 0.159. The minimum Gasteiger partial charge on any atom is -0.302 e. The molecule has 2 heteroatoms. The predicted molar refractivity (Wildman–Crippen MR) is 53.6 cm³/mol. The Balaban J connectivity index is 3.04. The van der Waals surface area contributed by atoms with Gasteiger partial charge < -0.3 is 4.79 Å². The van der Waals surface area contributed by atoms with Gasteiger partial charge in [0.15, 0.2) is 0 Å². The van der Waals surface area contributed by atoms with Crippen molar-refractivity contribution in [3.8, 4) is 0 Å². The summed E-state index contributed by atoms with van der Waals surface area (Å²) < 4.78 is 0. The molecule has 1 atom stereocenters. The zero-order valence-electron chi connectivity index (χ0n) is 6.96. The van der Waals surface area contributed by atoms with Crippen molar-refractivity contribution < 1.29 is 4.79 Å². The molecule has 12 heavy (non-hydrogen) atoms. The molecular formula is C10H11BrO. The molecule has 0 bridgehead atoms. The van der Waals surface area contributed by atoms with E-state index in [4.69, 9.17) is 0 Å². The van der Waals surface area contributed by atoms with Gasteiger partial charge in [-0.2, -0.15) is 0 Å². The second kappa shape index (κ2) is 4.41. The van der Waals surface area contributed by atoms with Crippen LogP contribution in [0.5, 0.6) is 0 Å². The summed E-state index contributed by atoms with van der Waals surface area (Å²) in [6.07, 6.45) is 1.88. The highest BCUT2D eigenvalue weighted by Gasteiger charge is 2.08. The fraction of sp³-hybridized carbons (Fsp3) is 0.300. The minimum atomic E-state index is -0.159. The van der Waals surface area contributed by atoms with Gasteiger partial charge in [-0.1, -0.05) is 47.1 Å². The summed E-state index contributed by atoms with van der Waals surface area (Å²) in [5, 5.41) is 0. The van der Waals surface area contributed by atoms with Gasteiger partial charge in [0.05, 0.1) is 4.83 Å². The van der Waals surface area contributed by atoms with Gasteiger partial charge in [0.25, 0.3) is 0 Å². The van der Waals surface area contributed by atoms with Crippen LogP contribution in [-0.2, 0) is 11.2 Å². The van der Waals surface area contributed by atoms with Crippen LogP contribution in [0.4, 0.5) is 0 Å². The molecule has 0 aliphatic carbocycles. The first-order valence-electron chi connectivity index (χ1n) is 3.96. The van der Waals surface area contributed by atoms with Gasteiger partial charge in [-0.05, 0) is 17.5 Å². The third-order valence-corrected chi connectivity index (χ3v) is 2.56. The van der Waals surface area contributed by atoms with Gasteiger partial charge in [0.2, 0.25) is 0 Å². The lowest BCUT2D eigenvalue weighted by atomic mass is 10.0. The topological polar surface area (TPSA) is 17.1 Å². The van der Waals surface area contributed by atoms with Crippen LogP contribution < -0.4 is 0 Å². The van der Waals surface area contributed by atoms with Crippen LogP contribution in [0.3, 0.4) is 0 Å². The maximum atomic E-state index is 10.5. The molecule has 0 radical (unpaired) electrons. The van der Waals surface area contributed by atoms with Crippen LogP contribution in [0.15, 0.2) is 24.3 Å². The molecule has 0 aliphatic rings. The Kier molecular flexibility index (Phi) is 3.48. The first kappa shape index (κ1) is 9.46. The van der Waals surface area contributed by atoms with Gasteiger partial charge in [-0.15, -0.1) is 0 Å². The zero-order chi connectivity index (χ0) is 8.97. The lowest BCUT2D eigenvalue weighted by Gasteiger charge is -2.07. The quantitative estimate of drug-likeness (QED) is 0.573. The van der Waals surface area contributed by atoms with Crippen molar-refractivity contribution in [1.29, 1.82) is 0 Å². The number of alkyl halides is 1. The number of aryl methyl sites for hydroxylation is 1. The highest BCUT2D eigenvalue weighted by atomic mass is 79.9. The smallest absolute Gasteiger partial charge is 0.138 e. The Morgan fingerprint density at radius 2 is 2.17 bits per heavy atom. The molecule has 0 fully saturated rings. The van der Waals surface area contributed by atoms with Crippen molar-refractivity contribution in [2.24, 2.45) is 0 Å². The summed E-state index contributed by atoms with van der Waals surface area (Å²) in [5.41, 5.74) is 2.31. The summed E-state index contributed by atoms with van der Waals surface area (Å²) in [7, 11) is 0. The van der Waals surface area contributed by atoms with E-state index in [1.54, 1.807) is 0 Å². The molecule has 1 nitrogen and oxygen atoms in total. The molecule has 0 saturated carbocycles. The molecule has 64 valence electrons. The van der Waals surface area contributed by atoms with E-state index in [1.165, 1.54) is 5.56 Å². The number of hydrogen-bond donors (Lipinski definition) is 0. The summed E-state index contributed by atoms with van der Waals surface area (Å²) in [6, 6.07) is 7.97. The Labute approximate surface area is 80.9 Å². The molecule has 0 aliphatic heterocycles. The van der Waals surface area contributed by atoms with Crippen molar-refractivity contribution in [3.63, 3.8) is 0 Å². The second-order valence-electron chi connectivity index (χ2n) is 2.59. The number of hydrogen-bond acceptors (Lipinski definition) is 1. The van der Waals surface area contributed by atoms with E-state index in [0.29, 0.717) is 0 Å². The SMILES string of the molecule is CCc1ccccc1C(Br)C=O. The van der Waals surface area contributed by atoms with E-state index >= 15 is 0 Å². The number of halogens is 1. The molecule has 0 N–H and O–H groups in total. The van der Waals surface area contributed by atoms with E-state index in [9.17, 15) is 4.79 Å². The van der Waals surface area contributed by atoms with Crippen molar-refractivity contribution in [3.05, 3.63) is 35.4 Å². The summed E-state index contributed by atoms with van der Waals surface area (Å²) in [6.45, 7) is 2.09. The molecule has 1 unspecified atom stereocenters. The van der Waals surface area contributed by atoms with Gasteiger partial charge in [-0.3, -0.25) is 0 Å². The summed E-state index contributed by atoms with van der Waals surface area (Å²) >= 11 is 3.31. The number of benzene rings is 1. The van der Waals surface area contributed by atoms with Crippen molar-refractivity contribution in [2.75, 3.05) is 0 Å². The molecule has 0 aromatic heterocycles. The van der Waals surface area contributed by atoms with Crippen LogP contribution in [0.1, 0.15) is 22.9 Å². The normalized spacial score (nSPS) is 12.5. The highest BCUT2D eigenvalue weighted by Crippen LogP contribution is 2.23. The Hall–Kier alpha value is -0.630. The monoisotopic (exact) mass is 226 g/mol. The van der Waals surface area contributed by atoms with Crippen LogP contribution in [0.25, 0.3) is 0 Å². The lowest BCUT2D eigenvalue weighted by Crippen LogP contribution is -1.96. The van der Waals surface area contributed by atoms with Crippen LogP contribution in [0.2, 0.25) is 0 Å². The fourth-order valence-corrected chi connectivity index (χ4v) is 1.65. The molecule has 0 amide bonds. The molecule has 0 saturated heterocycles. The number of aldehydes is 1. The first-order valence-corrected chi connectivity index (χ1v) is 4.88. The van der Waals surface area contributed by atoms with Gasteiger partial charge in [0.1, 0.15) is 6.29 Å². The van der Waals surface area contributed by atoms with E-state index < -0.39 is 0 Å². The number of rotatable bonds is 3. The van der Waals surface area contributed by atoms with Gasteiger partial charge in [-0.25, -0.2) is 0 Å². The van der Waals surface area contributed by atoms with E-state index in [2.05, 4.69) is 22.9 Å². The zero-order valence-corrected chi connectivity index (χ0v) is 8.54. The van der Waals surface area contributed by atoms with Gasteiger partial charge in [0, 0.05) is 0 Å². The van der Waals surface area contributed by atoms with Gasteiger partial charge >= 0.3 is 0 Å². The maximum absolute atomic E-state index is 10.5. The number of carbonyl (C=O) groups excluding carboxylic acids is 1. The van der Waals surface area contributed by atoms with E-state index in [-0.39, 0.29) is 4.83 Å². The highest BCUT2D eigenvalue weighted by molar-refractivity contribution is 9.09. The van der Waals surface area contributed by atoms with Crippen LogP contribution in [-0.4, -0.2) is 6.29 Å². The largest absolute Gasteiger partial charge is 0.302 e. The number of carbonyl (C=O) groups is 1. The third kappa shape index (κ3) is 1.95. The first-order chi connectivity index (χ1) is 5.79. The molecule has 1 aromatic rings. The van der Waals surface area contributed by atoms with E-state index in [0.717, 1.165) is 18.3 Å². The van der Waals surface area contributed by atoms with Crippen molar-refractivity contribution in [1.82, 2.24) is 0 Å². The second-order valence-corrected chi connectivity index (χ2v) is 3.58. The van der Waals surface area contributed by atoms with Crippen molar-refractivity contribution >= 4 is 22.2 Å². The molecule has 1 aromatic carbocycles. The molecule has 0 spiro atoms. The van der Waals surface area contributed by atoms with Crippen LogP contribution >= 0.6 is 15.9 Å². The standard InChI is InChI=1S/C10H11BrO/c1-2-8-5-3-4-6-9(8)10(11)7-12/h3-7,10H,2H2,1H3. The summed E-state index contributed by atoms with van der Waals surface area (Å²) in [4.78, 5) is 10.4. The Morgan fingerprint density at radius 1 is 1.50 bits per heavy atom. The maximum Gasteiger partial charge on any atom is 0.138 e. The molecule has 0 heterocycles. The lowest BCUT2D eigenvalue weighted by molar-refractivity contribution is -0.107. The fourth-order valence-electron chi connectivity index (χ4n) is 1.20. The average Bonchev–Trinajstić information content (AvgIpc) is 2.16. The predicted octanol–water partition coefficient (Wildman–Crippen LogP) is 2.88. The van der Waals surface area contributed by atoms with Crippen molar-refractivity contribution in [2.45, 2.75) is 18.2 Å². The molecular weight excluding hydrogens is 216 g/mol. The Morgan fingerprint density at radius 3 is 2.75 bits per heavy atom. The van der Waals surface area contributed by atoms with Crippen LogP contribution in [0, 0.1) is 0 Å². The van der Waals surface area contributed by atoms with E-state index in [1.807, 2.05) is 24.3 Å². The third-order valence-electron chi connectivity index (χ3n) is 1.85. The molecule has 1 rings (SSSR count). The Bertz CT molecular complexity index is 270. The average molecular weight is 227 g/mol.